The number of carbonyl (C=O) groups is 2. The van der Waals surface area contributed by atoms with Gasteiger partial charge in [0, 0.05) is 44.1 Å². The van der Waals surface area contributed by atoms with E-state index in [1.807, 2.05) is 26.0 Å². The summed E-state index contributed by atoms with van der Waals surface area (Å²) in [6.45, 7) is 4.75. The van der Waals surface area contributed by atoms with Crippen LogP contribution in [0, 0.1) is 13.8 Å². The Bertz CT molecular complexity index is 904. The van der Waals surface area contributed by atoms with Crippen molar-refractivity contribution in [3.05, 3.63) is 64.5 Å². The maximum Gasteiger partial charge on any atom is 0.417 e. The van der Waals surface area contributed by atoms with Crippen LogP contribution in [0.1, 0.15) is 37.4 Å². The first-order chi connectivity index (χ1) is 13.2. The van der Waals surface area contributed by atoms with Gasteiger partial charge in [0.05, 0.1) is 11.1 Å². The van der Waals surface area contributed by atoms with Gasteiger partial charge in [0.1, 0.15) is 0 Å². The van der Waals surface area contributed by atoms with E-state index in [4.69, 9.17) is 0 Å². The molecule has 1 aromatic carbocycles. The minimum absolute atomic E-state index is 0.146. The molecule has 1 fully saturated rings. The average Bonchev–Trinajstić information content (AvgIpc) is 2.68. The SMILES string of the molecule is Cc1ccc(C(=O)N2CCN(C(=O)c3cnccc3C(F)(F)F)CC2)cc1C. The highest BCUT2D eigenvalue weighted by Crippen LogP contribution is 2.32. The van der Waals surface area contributed by atoms with Gasteiger partial charge in [-0.1, -0.05) is 6.07 Å². The lowest BCUT2D eigenvalue weighted by Gasteiger charge is -2.35. The Hall–Kier alpha value is -2.90. The van der Waals surface area contributed by atoms with Gasteiger partial charge in [0.15, 0.2) is 0 Å². The number of hydrogen-bond acceptors (Lipinski definition) is 3. The molecule has 1 aromatic heterocycles. The number of nitrogens with zero attached hydrogens (tertiary/aromatic N) is 3. The molecular formula is C20H20F3N3O2. The molecule has 0 radical (unpaired) electrons. The highest BCUT2D eigenvalue weighted by atomic mass is 19.4. The Labute approximate surface area is 160 Å². The fourth-order valence-corrected chi connectivity index (χ4v) is 3.15. The van der Waals surface area contributed by atoms with Crippen molar-refractivity contribution < 1.29 is 22.8 Å². The molecule has 8 heteroatoms. The highest BCUT2D eigenvalue weighted by molar-refractivity contribution is 5.97. The van der Waals surface area contributed by atoms with E-state index in [0.29, 0.717) is 5.56 Å². The number of halogens is 3. The molecule has 2 heterocycles. The zero-order chi connectivity index (χ0) is 20.5. The molecule has 5 nitrogen and oxygen atoms in total. The molecule has 1 saturated heterocycles. The summed E-state index contributed by atoms with van der Waals surface area (Å²) in [6, 6.07) is 6.25. The third-order valence-electron chi connectivity index (χ3n) is 4.96. The lowest BCUT2D eigenvalue weighted by atomic mass is 10.1. The largest absolute Gasteiger partial charge is 0.417 e. The van der Waals surface area contributed by atoms with Gasteiger partial charge in [0.2, 0.25) is 0 Å². The predicted molar refractivity (Wildman–Crippen MR) is 97.0 cm³/mol. The molecule has 2 amide bonds. The van der Waals surface area contributed by atoms with Crippen molar-refractivity contribution in [2.24, 2.45) is 0 Å². The van der Waals surface area contributed by atoms with Crippen molar-refractivity contribution in [1.29, 1.82) is 0 Å². The quantitative estimate of drug-likeness (QED) is 0.789. The second-order valence-electron chi connectivity index (χ2n) is 6.80. The van der Waals surface area contributed by atoms with Crippen molar-refractivity contribution in [2.75, 3.05) is 26.2 Å². The van der Waals surface area contributed by atoms with Crippen LogP contribution >= 0.6 is 0 Å². The highest BCUT2D eigenvalue weighted by Gasteiger charge is 2.37. The monoisotopic (exact) mass is 391 g/mol. The van der Waals surface area contributed by atoms with Crippen molar-refractivity contribution in [2.45, 2.75) is 20.0 Å². The lowest BCUT2D eigenvalue weighted by Crippen LogP contribution is -2.50. The van der Waals surface area contributed by atoms with Crippen LogP contribution in [-0.2, 0) is 6.18 Å². The Balaban J connectivity index is 1.69. The number of aromatic nitrogens is 1. The first kappa shape index (κ1) is 19.9. The summed E-state index contributed by atoms with van der Waals surface area (Å²) in [7, 11) is 0. The van der Waals surface area contributed by atoms with E-state index in [2.05, 4.69) is 4.98 Å². The zero-order valence-corrected chi connectivity index (χ0v) is 15.6. The molecule has 0 N–H and O–H groups in total. The summed E-state index contributed by atoms with van der Waals surface area (Å²) in [5.41, 5.74) is 1.19. The molecular weight excluding hydrogens is 371 g/mol. The maximum absolute atomic E-state index is 13.1. The van der Waals surface area contributed by atoms with Crippen molar-refractivity contribution in [1.82, 2.24) is 14.8 Å². The van der Waals surface area contributed by atoms with E-state index >= 15 is 0 Å². The summed E-state index contributed by atoms with van der Waals surface area (Å²) in [6.07, 6.45) is -2.67. The second kappa shape index (κ2) is 7.61. The van der Waals surface area contributed by atoms with Gasteiger partial charge in [-0.15, -0.1) is 0 Å². The first-order valence-electron chi connectivity index (χ1n) is 8.85. The van der Waals surface area contributed by atoms with Crippen LogP contribution < -0.4 is 0 Å². The van der Waals surface area contributed by atoms with Gasteiger partial charge in [-0.3, -0.25) is 14.6 Å². The number of alkyl halides is 3. The third kappa shape index (κ3) is 4.00. The Morgan fingerprint density at radius 3 is 2.11 bits per heavy atom. The molecule has 0 bridgehead atoms. The summed E-state index contributed by atoms with van der Waals surface area (Å²) in [5.74, 6) is -0.869. The van der Waals surface area contributed by atoms with Crippen LogP contribution in [-0.4, -0.2) is 52.8 Å². The average molecular weight is 391 g/mol. The van der Waals surface area contributed by atoms with Crippen LogP contribution in [0.25, 0.3) is 0 Å². The van der Waals surface area contributed by atoms with E-state index in [0.717, 1.165) is 29.6 Å². The Morgan fingerprint density at radius 1 is 0.929 bits per heavy atom. The van der Waals surface area contributed by atoms with E-state index in [-0.39, 0.29) is 32.1 Å². The number of piperazine rings is 1. The molecule has 0 atom stereocenters. The summed E-state index contributed by atoms with van der Waals surface area (Å²) < 4.78 is 39.4. The molecule has 0 aliphatic carbocycles. The van der Waals surface area contributed by atoms with Crippen LogP contribution in [0.2, 0.25) is 0 Å². The number of carbonyl (C=O) groups excluding carboxylic acids is 2. The Morgan fingerprint density at radius 2 is 1.54 bits per heavy atom. The second-order valence-corrected chi connectivity index (χ2v) is 6.80. The van der Waals surface area contributed by atoms with Gasteiger partial charge < -0.3 is 9.80 Å². The topological polar surface area (TPSA) is 53.5 Å². The Kier molecular flexibility index (Phi) is 5.40. The number of hydrogen-bond donors (Lipinski definition) is 0. The summed E-state index contributed by atoms with van der Waals surface area (Å²) >= 11 is 0. The molecule has 148 valence electrons. The molecule has 1 aliphatic rings. The number of pyridine rings is 1. The summed E-state index contributed by atoms with van der Waals surface area (Å²) in [5, 5.41) is 0. The zero-order valence-electron chi connectivity index (χ0n) is 15.6. The van der Waals surface area contributed by atoms with Crippen LogP contribution in [0.15, 0.2) is 36.7 Å². The maximum atomic E-state index is 13.1. The third-order valence-corrected chi connectivity index (χ3v) is 4.96. The van der Waals surface area contributed by atoms with Gasteiger partial charge in [-0.25, -0.2) is 0 Å². The summed E-state index contributed by atoms with van der Waals surface area (Å²) in [4.78, 5) is 31.8. The first-order valence-corrected chi connectivity index (χ1v) is 8.85. The van der Waals surface area contributed by atoms with Crippen LogP contribution in [0.3, 0.4) is 0 Å². The molecule has 1 aliphatic heterocycles. The van der Waals surface area contributed by atoms with E-state index < -0.39 is 23.2 Å². The van der Waals surface area contributed by atoms with E-state index in [1.165, 1.54) is 4.90 Å². The van der Waals surface area contributed by atoms with Crippen LogP contribution in [0.5, 0.6) is 0 Å². The van der Waals surface area contributed by atoms with Gasteiger partial charge >= 0.3 is 6.18 Å². The van der Waals surface area contributed by atoms with E-state index in [9.17, 15) is 22.8 Å². The van der Waals surface area contributed by atoms with Crippen molar-refractivity contribution in [3.63, 3.8) is 0 Å². The van der Waals surface area contributed by atoms with Gasteiger partial charge in [0.25, 0.3) is 11.8 Å². The molecule has 3 rings (SSSR count). The van der Waals surface area contributed by atoms with Crippen molar-refractivity contribution >= 4 is 11.8 Å². The standard InChI is InChI=1S/C20H20F3N3O2/c1-13-3-4-15(11-14(13)2)18(27)25-7-9-26(10-8-25)19(28)16-12-24-6-5-17(16)20(21,22)23/h3-6,11-12H,7-10H2,1-2H3. The number of benzene rings is 1. The number of aryl methyl sites for hydroxylation is 2. The molecule has 0 saturated carbocycles. The van der Waals surface area contributed by atoms with Crippen LogP contribution in [0.4, 0.5) is 13.2 Å². The van der Waals surface area contributed by atoms with Gasteiger partial charge in [-0.05, 0) is 43.2 Å². The van der Waals surface area contributed by atoms with Gasteiger partial charge in [-0.2, -0.15) is 13.2 Å². The molecule has 0 spiro atoms. The fourth-order valence-electron chi connectivity index (χ4n) is 3.15. The minimum atomic E-state index is -4.63. The fraction of sp³-hybridized carbons (Fsp3) is 0.350. The van der Waals surface area contributed by atoms with Crippen molar-refractivity contribution in [3.8, 4) is 0 Å². The lowest BCUT2D eigenvalue weighted by molar-refractivity contribution is -0.138. The number of amides is 2. The normalized spacial score (nSPS) is 14.9. The predicted octanol–water partition coefficient (Wildman–Crippen LogP) is 3.32. The number of rotatable bonds is 2. The van der Waals surface area contributed by atoms with E-state index in [1.54, 1.807) is 11.0 Å². The molecule has 28 heavy (non-hydrogen) atoms. The minimum Gasteiger partial charge on any atom is -0.335 e. The molecule has 0 unspecified atom stereocenters. The smallest absolute Gasteiger partial charge is 0.335 e. The molecule has 2 aromatic rings.